The number of alkyl halides is 3. The summed E-state index contributed by atoms with van der Waals surface area (Å²) < 4.78 is 60.2. The normalized spacial score (nSPS) is 17.8. The van der Waals surface area contributed by atoms with Crippen LogP contribution >= 0.6 is 0 Å². The fourth-order valence-electron chi connectivity index (χ4n) is 2.52. The first-order valence-corrected chi connectivity index (χ1v) is 7.83. The Morgan fingerprint density at radius 2 is 1.79 bits per heavy atom. The monoisotopic (exact) mass is 292 g/mol. The minimum atomic E-state index is -4.71. The van der Waals surface area contributed by atoms with Crippen molar-refractivity contribution in [2.45, 2.75) is 42.7 Å². The number of benzene rings is 1. The largest absolute Gasteiger partial charge is 0.403 e. The van der Waals surface area contributed by atoms with Gasteiger partial charge in [0.2, 0.25) is 0 Å². The van der Waals surface area contributed by atoms with Crippen molar-refractivity contribution in [3.05, 3.63) is 29.8 Å². The van der Waals surface area contributed by atoms with Crippen molar-refractivity contribution in [1.29, 1.82) is 0 Å². The van der Waals surface area contributed by atoms with Gasteiger partial charge in [0.1, 0.15) is 0 Å². The summed E-state index contributed by atoms with van der Waals surface area (Å²) in [6.45, 7) is 0. The molecule has 1 aliphatic carbocycles. The van der Waals surface area contributed by atoms with Crippen molar-refractivity contribution in [3.8, 4) is 0 Å². The van der Waals surface area contributed by atoms with Crippen molar-refractivity contribution in [3.63, 3.8) is 0 Å². The van der Waals surface area contributed by atoms with Gasteiger partial charge in [0.15, 0.2) is 15.6 Å². The molecule has 19 heavy (non-hydrogen) atoms. The van der Waals surface area contributed by atoms with Gasteiger partial charge in [-0.1, -0.05) is 25.0 Å². The van der Waals surface area contributed by atoms with E-state index in [0.29, 0.717) is 0 Å². The second kappa shape index (κ2) is 5.15. The van der Waals surface area contributed by atoms with Gasteiger partial charge in [0, 0.05) is 0 Å². The third-order valence-corrected chi connectivity index (χ3v) is 5.08. The summed E-state index contributed by atoms with van der Waals surface area (Å²) in [6.07, 6.45) is -0.581. The number of sulfone groups is 1. The molecule has 2 rings (SSSR count). The molecule has 1 aromatic carbocycles. The Hall–Kier alpha value is -1.04. The molecule has 106 valence electrons. The lowest BCUT2D eigenvalue weighted by molar-refractivity contribution is -0.106. The average Bonchev–Trinajstić information content (AvgIpc) is 2.79. The van der Waals surface area contributed by atoms with Gasteiger partial charge in [-0.15, -0.1) is 0 Å². The number of halogens is 3. The van der Waals surface area contributed by atoms with E-state index in [-0.39, 0.29) is 10.8 Å². The molecule has 0 bridgehead atoms. The minimum absolute atomic E-state index is 0.228. The molecule has 1 fully saturated rings. The quantitative estimate of drug-likeness (QED) is 0.851. The predicted molar refractivity (Wildman–Crippen MR) is 65.8 cm³/mol. The predicted octanol–water partition coefficient (Wildman–Crippen LogP) is 3.68. The zero-order chi connectivity index (χ0) is 14.1. The second-order valence-corrected chi connectivity index (χ2v) is 6.92. The molecule has 1 saturated carbocycles. The van der Waals surface area contributed by atoms with E-state index >= 15 is 0 Å². The lowest BCUT2D eigenvalue weighted by atomic mass is 9.98. The van der Waals surface area contributed by atoms with E-state index in [9.17, 15) is 21.6 Å². The fraction of sp³-hybridized carbons (Fsp3) is 0.538. The molecule has 0 radical (unpaired) electrons. The summed E-state index contributed by atoms with van der Waals surface area (Å²) in [5, 5.41) is 0. The highest BCUT2D eigenvalue weighted by atomic mass is 32.2. The first kappa shape index (κ1) is 14.4. The summed E-state index contributed by atoms with van der Waals surface area (Å²) >= 11 is 0. The van der Waals surface area contributed by atoms with E-state index in [4.69, 9.17) is 0 Å². The van der Waals surface area contributed by atoms with Crippen LogP contribution in [0.5, 0.6) is 0 Å². The standard InChI is InChI=1S/C13H15F3O2S/c14-13(15,16)9-19(17,18)12-7-3-6-11(8-12)10-4-1-2-5-10/h3,6-8,10H,1-2,4-5,9H2. The third kappa shape index (κ3) is 3.72. The van der Waals surface area contributed by atoms with Crippen LogP contribution in [-0.4, -0.2) is 20.3 Å². The zero-order valence-electron chi connectivity index (χ0n) is 10.3. The average molecular weight is 292 g/mol. The molecule has 0 N–H and O–H groups in total. The van der Waals surface area contributed by atoms with Crippen molar-refractivity contribution < 1.29 is 21.6 Å². The summed E-state index contributed by atoms with van der Waals surface area (Å²) in [5.41, 5.74) is 0.834. The van der Waals surface area contributed by atoms with Crippen LogP contribution in [0.25, 0.3) is 0 Å². The maximum Gasteiger partial charge on any atom is 0.403 e. The Labute approximate surface area is 110 Å². The Bertz CT molecular complexity index is 543. The molecule has 0 saturated heterocycles. The molecule has 1 aromatic rings. The topological polar surface area (TPSA) is 34.1 Å². The van der Waals surface area contributed by atoms with Crippen LogP contribution in [0.4, 0.5) is 13.2 Å². The van der Waals surface area contributed by atoms with Gasteiger partial charge in [-0.3, -0.25) is 0 Å². The lowest BCUT2D eigenvalue weighted by Gasteiger charge is -2.12. The molecule has 0 amide bonds. The van der Waals surface area contributed by atoms with E-state index < -0.39 is 21.8 Å². The van der Waals surface area contributed by atoms with Crippen LogP contribution in [0.15, 0.2) is 29.2 Å². The third-order valence-electron chi connectivity index (χ3n) is 3.40. The van der Waals surface area contributed by atoms with Crippen molar-refractivity contribution in [1.82, 2.24) is 0 Å². The highest BCUT2D eigenvalue weighted by Crippen LogP contribution is 2.35. The smallest absolute Gasteiger partial charge is 0.223 e. The van der Waals surface area contributed by atoms with Crippen molar-refractivity contribution in [2.24, 2.45) is 0 Å². The van der Waals surface area contributed by atoms with E-state index in [2.05, 4.69) is 0 Å². The van der Waals surface area contributed by atoms with E-state index in [1.807, 2.05) is 0 Å². The Balaban J connectivity index is 2.27. The Morgan fingerprint density at radius 1 is 1.16 bits per heavy atom. The van der Waals surface area contributed by atoms with Gasteiger partial charge in [-0.25, -0.2) is 8.42 Å². The van der Waals surface area contributed by atoms with Crippen LogP contribution in [0.3, 0.4) is 0 Å². The SMILES string of the molecule is O=S(=O)(CC(F)(F)F)c1cccc(C2CCCC2)c1. The van der Waals surface area contributed by atoms with Gasteiger partial charge in [0.25, 0.3) is 0 Å². The van der Waals surface area contributed by atoms with E-state index in [1.54, 1.807) is 6.07 Å². The number of hydrogen-bond donors (Lipinski definition) is 0. The number of rotatable bonds is 3. The molecule has 6 heteroatoms. The molecule has 1 aliphatic rings. The molecule has 0 spiro atoms. The van der Waals surface area contributed by atoms with Gasteiger partial charge in [-0.2, -0.15) is 13.2 Å². The Morgan fingerprint density at radius 3 is 2.37 bits per heavy atom. The van der Waals surface area contributed by atoms with Crippen LogP contribution in [0.2, 0.25) is 0 Å². The van der Waals surface area contributed by atoms with Gasteiger partial charge < -0.3 is 0 Å². The first-order chi connectivity index (χ1) is 8.78. The summed E-state index contributed by atoms with van der Waals surface area (Å²) in [5.74, 6) is -1.52. The highest BCUT2D eigenvalue weighted by molar-refractivity contribution is 7.91. The van der Waals surface area contributed by atoms with Crippen molar-refractivity contribution >= 4 is 9.84 Å². The van der Waals surface area contributed by atoms with Crippen LogP contribution in [0, 0.1) is 0 Å². The molecule has 0 heterocycles. The van der Waals surface area contributed by atoms with Gasteiger partial charge >= 0.3 is 6.18 Å². The maximum atomic E-state index is 12.3. The second-order valence-electron chi connectivity index (χ2n) is 4.93. The van der Waals surface area contributed by atoms with Crippen LogP contribution in [0.1, 0.15) is 37.2 Å². The fourth-order valence-corrected chi connectivity index (χ4v) is 3.72. The molecule has 0 atom stereocenters. The molecular formula is C13H15F3O2S. The number of hydrogen-bond acceptors (Lipinski definition) is 2. The highest BCUT2D eigenvalue weighted by Gasteiger charge is 2.36. The molecule has 0 aliphatic heterocycles. The van der Waals surface area contributed by atoms with Gasteiger partial charge in [0.05, 0.1) is 4.90 Å². The molecule has 0 unspecified atom stereocenters. The first-order valence-electron chi connectivity index (χ1n) is 6.17. The molecule has 0 aromatic heterocycles. The van der Waals surface area contributed by atoms with Crippen molar-refractivity contribution in [2.75, 3.05) is 5.75 Å². The van der Waals surface area contributed by atoms with E-state index in [1.165, 1.54) is 18.2 Å². The summed E-state index contributed by atoms with van der Waals surface area (Å²) in [4.78, 5) is -0.228. The molecular weight excluding hydrogens is 277 g/mol. The maximum absolute atomic E-state index is 12.3. The lowest BCUT2D eigenvalue weighted by Crippen LogP contribution is -2.23. The summed E-state index contributed by atoms with van der Waals surface area (Å²) in [6, 6.07) is 5.95. The van der Waals surface area contributed by atoms with Crippen LogP contribution in [-0.2, 0) is 9.84 Å². The molecule has 2 nitrogen and oxygen atoms in total. The Kier molecular flexibility index (Phi) is 3.90. The van der Waals surface area contributed by atoms with Gasteiger partial charge in [-0.05, 0) is 36.5 Å². The summed E-state index contributed by atoms with van der Waals surface area (Å²) in [7, 11) is -4.30. The minimum Gasteiger partial charge on any atom is -0.223 e. The van der Waals surface area contributed by atoms with Crippen LogP contribution < -0.4 is 0 Å². The van der Waals surface area contributed by atoms with E-state index in [0.717, 1.165) is 31.2 Å². The zero-order valence-corrected chi connectivity index (χ0v) is 11.1.